The number of amides is 2. The second-order valence-electron chi connectivity index (χ2n) is 7.59. The van der Waals surface area contributed by atoms with Crippen LogP contribution in [0.3, 0.4) is 0 Å². The summed E-state index contributed by atoms with van der Waals surface area (Å²) in [7, 11) is 0. The molecule has 0 aliphatic heterocycles. The van der Waals surface area contributed by atoms with E-state index >= 15 is 0 Å². The van der Waals surface area contributed by atoms with E-state index in [1.807, 2.05) is 25.1 Å². The number of ether oxygens (including phenoxy) is 2. The smallest absolute Gasteiger partial charge is 0.420 e. The molecule has 1 rings (SSSR count). The quantitative estimate of drug-likeness (QED) is 0.786. The SMILES string of the molecule is CC=Cc1ncccc1CN(C(=O)OC(C)(C)C)C(=O)OC(C)(C)C. The predicted octanol–water partition coefficient (Wildman–Crippen LogP) is 4.79. The minimum atomic E-state index is -0.753. The lowest BCUT2D eigenvalue weighted by Gasteiger charge is -2.28. The van der Waals surface area contributed by atoms with Crippen LogP contribution < -0.4 is 0 Å². The molecule has 138 valence electrons. The summed E-state index contributed by atoms with van der Waals surface area (Å²) in [6.07, 6.45) is 3.81. The van der Waals surface area contributed by atoms with Crippen LogP contribution in [-0.4, -0.2) is 33.3 Å². The second kappa shape index (κ2) is 8.14. The summed E-state index contributed by atoms with van der Waals surface area (Å²) in [5, 5.41) is 0. The molecule has 0 aromatic carbocycles. The third-order valence-electron chi connectivity index (χ3n) is 2.81. The maximum atomic E-state index is 12.5. The summed E-state index contributed by atoms with van der Waals surface area (Å²) < 4.78 is 10.7. The normalized spacial score (nSPS) is 12.1. The number of allylic oxidation sites excluding steroid dienone is 1. The summed E-state index contributed by atoms with van der Waals surface area (Å²) in [5.74, 6) is 0. The van der Waals surface area contributed by atoms with Gasteiger partial charge in [0.15, 0.2) is 0 Å². The molecule has 0 saturated carbocycles. The number of rotatable bonds is 3. The monoisotopic (exact) mass is 348 g/mol. The summed E-state index contributed by atoms with van der Waals surface area (Å²) >= 11 is 0. The highest BCUT2D eigenvalue weighted by atomic mass is 16.6. The Morgan fingerprint density at radius 3 is 2.04 bits per heavy atom. The van der Waals surface area contributed by atoms with E-state index in [0.717, 1.165) is 10.5 Å². The third kappa shape index (κ3) is 7.37. The Balaban J connectivity index is 3.14. The standard InChI is InChI=1S/C19H28N2O4/c1-8-10-15-14(11-9-12-20-15)13-21(16(22)24-18(2,3)4)17(23)25-19(5,6)7/h8-12H,13H2,1-7H3. The van der Waals surface area contributed by atoms with Crippen LogP contribution in [0.25, 0.3) is 6.08 Å². The number of hydrogen-bond acceptors (Lipinski definition) is 5. The highest BCUT2D eigenvalue weighted by molar-refractivity contribution is 5.88. The molecule has 0 bridgehead atoms. The van der Waals surface area contributed by atoms with E-state index < -0.39 is 23.4 Å². The van der Waals surface area contributed by atoms with E-state index in [9.17, 15) is 9.59 Å². The van der Waals surface area contributed by atoms with Gasteiger partial charge in [0.2, 0.25) is 0 Å². The van der Waals surface area contributed by atoms with Gasteiger partial charge in [0, 0.05) is 6.20 Å². The first-order chi connectivity index (χ1) is 11.4. The molecule has 6 nitrogen and oxygen atoms in total. The van der Waals surface area contributed by atoms with Crippen LogP contribution in [0.4, 0.5) is 9.59 Å². The molecule has 6 heteroatoms. The Kier molecular flexibility index (Phi) is 6.73. The molecule has 0 spiro atoms. The average molecular weight is 348 g/mol. The molecule has 0 aliphatic carbocycles. The molecule has 0 radical (unpaired) electrons. The number of nitrogens with zero attached hydrogens (tertiary/aromatic N) is 2. The number of imide groups is 1. The zero-order chi connectivity index (χ0) is 19.3. The van der Waals surface area contributed by atoms with E-state index in [2.05, 4.69) is 4.98 Å². The fourth-order valence-corrected chi connectivity index (χ4v) is 1.90. The lowest BCUT2D eigenvalue weighted by Crippen LogP contribution is -2.43. The lowest BCUT2D eigenvalue weighted by atomic mass is 10.1. The van der Waals surface area contributed by atoms with Gasteiger partial charge in [0.1, 0.15) is 11.2 Å². The van der Waals surface area contributed by atoms with Crippen LogP contribution in [0.1, 0.15) is 59.7 Å². The van der Waals surface area contributed by atoms with E-state index in [1.54, 1.807) is 53.8 Å². The minimum Gasteiger partial charge on any atom is -0.443 e. The Morgan fingerprint density at radius 1 is 1.08 bits per heavy atom. The summed E-state index contributed by atoms with van der Waals surface area (Å²) in [6, 6.07) is 3.56. The van der Waals surface area contributed by atoms with Crippen molar-refractivity contribution in [2.75, 3.05) is 0 Å². The van der Waals surface area contributed by atoms with Crippen molar-refractivity contribution in [2.24, 2.45) is 0 Å². The molecule has 2 amide bonds. The van der Waals surface area contributed by atoms with Gasteiger partial charge in [-0.2, -0.15) is 0 Å². The van der Waals surface area contributed by atoms with Crippen LogP contribution in [0, 0.1) is 0 Å². The van der Waals surface area contributed by atoms with Crippen molar-refractivity contribution in [1.29, 1.82) is 0 Å². The third-order valence-corrected chi connectivity index (χ3v) is 2.81. The molecule has 1 aromatic rings. The highest BCUT2D eigenvalue weighted by Crippen LogP contribution is 2.18. The van der Waals surface area contributed by atoms with Crippen molar-refractivity contribution in [1.82, 2.24) is 9.88 Å². The molecule has 25 heavy (non-hydrogen) atoms. The first-order valence-corrected chi connectivity index (χ1v) is 8.23. The van der Waals surface area contributed by atoms with Gasteiger partial charge in [-0.1, -0.05) is 12.1 Å². The average Bonchev–Trinajstić information content (AvgIpc) is 2.42. The van der Waals surface area contributed by atoms with Gasteiger partial charge in [-0.15, -0.1) is 0 Å². The lowest BCUT2D eigenvalue weighted by molar-refractivity contribution is -0.000262. The van der Waals surface area contributed by atoms with Crippen molar-refractivity contribution in [2.45, 2.75) is 66.2 Å². The summed E-state index contributed by atoms with van der Waals surface area (Å²) in [4.78, 5) is 30.3. The van der Waals surface area contributed by atoms with Gasteiger partial charge < -0.3 is 9.47 Å². The summed E-state index contributed by atoms with van der Waals surface area (Å²) in [5.41, 5.74) is -0.0453. The molecule has 0 unspecified atom stereocenters. The molecule has 0 aliphatic rings. The molecular formula is C19H28N2O4. The van der Waals surface area contributed by atoms with Gasteiger partial charge in [-0.05, 0) is 66.2 Å². The van der Waals surface area contributed by atoms with Crippen molar-refractivity contribution < 1.29 is 19.1 Å². The fourth-order valence-electron chi connectivity index (χ4n) is 1.90. The van der Waals surface area contributed by atoms with Gasteiger partial charge in [0.05, 0.1) is 12.2 Å². The molecule has 0 atom stereocenters. The second-order valence-corrected chi connectivity index (χ2v) is 7.59. The molecule has 1 heterocycles. The van der Waals surface area contributed by atoms with Gasteiger partial charge in [-0.25, -0.2) is 14.5 Å². The number of carbonyl (C=O) groups is 2. The molecule has 0 saturated heterocycles. The number of aromatic nitrogens is 1. The number of carbonyl (C=O) groups excluding carboxylic acids is 2. The predicted molar refractivity (Wildman–Crippen MR) is 97.0 cm³/mol. The van der Waals surface area contributed by atoms with Crippen LogP contribution in [-0.2, 0) is 16.0 Å². The van der Waals surface area contributed by atoms with Crippen LogP contribution >= 0.6 is 0 Å². The Morgan fingerprint density at radius 2 is 1.60 bits per heavy atom. The topological polar surface area (TPSA) is 68.7 Å². The van der Waals surface area contributed by atoms with E-state index in [0.29, 0.717) is 5.69 Å². The van der Waals surface area contributed by atoms with Gasteiger partial charge in [0.25, 0.3) is 0 Å². The van der Waals surface area contributed by atoms with Gasteiger partial charge >= 0.3 is 12.2 Å². The van der Waals surface area contributed by atoms with E-state index in [1.165, 1.54) is 0 Å². The fraction of sp³-hybridized carbons (Fsp3) is 0.526. The van der Waals surface area contributed by atoms with Crippen molar-refractivity contribution in [3.8, 4) is 0 Å². The van der Waals surface area contributed by atoms with Crippen molar-refractivity contribution in [3.05, 3.63) is 35.7 Å². The zero-order valence-electron chi connectivity index (χ0n) is 16.1. The number of hydrogen-bond donors (Lipinski definition) is 0. The van der Waals surface area contributed by atoms with Crippen molar-refractivity contribution in [3.63, 3.8) is 0 Å². The molecule has 0 fully saturated rings. The summed E-state index contributed by atoms with van der Waals surface area (Å²) in [6.45, 7) is 12.3. The van der Waals surface area contributed by atoms with Crippen LogP contribution in [0.2, 0.25) is 0 Å². The number of pyridine rings is 1. The van der Waals surface area contributed by atoms with Crippen molar-refractivity contribution >= 4 is 18.3 Å². The Hall–Kier alpha value is -2.37. The van der Waals surface area contributed by atoms with Gasteiger partial charge in [-0.3, -0.25) is 4.98 Å². The molecular weight excluding hydrogens is 320 g/mol. The van der Waals surface area contributed by atoms with Crippen LogP contribution in [0.5, 0.6) is 0 Å². The van der Waals surface area contributed by atoms with E-state index in [-0.39, 0.29) is 6.54 Å². The maximum Gasteiger partial charge on any atom is 0.420 e. The Bertz CT molecular complexity index is 612. The van der Waals surface area contributed by atoms with E-state index in [4.69, 9.17) is 9.47 Å². The molecule has 1 aromatic heterocycles. The zero-order valence-corrected chi connectivity index (χ0v) is 16.1. The first kappa shape index (κ1) is 20.7. The van der Waals surface area contributed by atoms with Crippen LogP contribution in [0.15, 0.2) is 24.4 Å². The molecule has 0 N–H and O–H groups in total. The highest BCUT2D eigenvalue weighted by Gasteiger charge is 2.31. The maximum absolute atomic E-state index is 12.5. The first-order valence-electron chi connectivity index (χ1n) is 8.23. The Labute approximate surface area is 149 Å². The largest absolute Gasteiger partial charge is 0.443 e. The minimum absolute atomic E-state index is 0.0113.